The Morgan fingerprint density at radius 1 is 1.60 bits per heavy atom. The maximum Gasteiger partial charge on any atom is 0.228 e. The lowest BCUT2D eigenvalue weighted by atomic mass is 9.74. The third kappa shape index (κ3) is 3.62. The molecule has 0 aromatic carbocycles. The zero-order valence-electron chi connectivity index (χ0n) is 12.4. The SMILES string of the molecule is CN(Cc1cc(Br)cs1)C(=O)C(C)(C)C1CCCNC1. The normalized spacial score (nSPS) is 19.9. The molecule has 1 unspecified atom stereocenters. The Morgan fingerprint density at radius 3 is 2.90 bits per heavy atom. The zero-order valence-corrected chi connectivity index (χ0v) is 14.8. The highest BCUT2D eigenvalue weighted by atomic mass is 79.9. The summed E-state index contributed by atoms with van der Waals surface area (Å²) in [6.07, 6.45) is 2.31. The van der Waals surface area contributed by atoms with Crippen LogP contribution in [0.3, 0.4) is 0 Å². The molecule has 1 aliphatic rings. The molecular weight excluding hydrogens is 336 g/mol. The Hall–Kier alpha value is -0.390. The summed E-state index contributed by atoms with van der Waals surface area (Å²) in [6.45, 7) is 6.91. The van der Waals surface area contributed by atoms with Crippen LogP contribution in [0.25, 0.3) is 0 Å². The largest absolute Gasteiger partial charge is 0.340 e. The molecule has 2 rings (SSSR count). The summed E-state index contributed by atoms with van der Waals surface area (Å²) < 4.78 is 1.09. The average molecular weight is 359 g/mol. The van der Waals surface area contributed by atoms with Crippen LogP contribution in [0.5, 0.6) is 0 Å². The Morgan fingerprint density at radius 2 is 2.35 bits per heavy atom. The van der Waals surface area contributed by atoms with E-state index >= 15 is 0 Å². The molecule has 1 aromatic rings. The van der Waals surface area contributed by atoms with E-state index in [2.05, 4.69) is 46.5 Å². The molecule has 0 saturated carbocycles. The molecular formula is C15H23BrN2OS. The lowest BCUT2D eigenvalue weighted by molar-refractivity contribution is -0.143. The van der Waals surface area contributed by atoms with Gasteiger partial charge in [0.1, 0.15) is 0 Å². The van der Waals surface area contributed by atoms with Crippen LogP contribution in [0.2, 0.25) is 0 Å². The van der Waals surface area contributed by atoms with Gasteiger partial charge in [-0.3, -0.25) is 4.79 Å². The first-order valence-corrected chi connectivity index (χ1v) is 8.77. The topological polar surface area (TPSA) is 32.3 Å². The first-order valence-electron chi connectivity index (χ1n) is 7.10. The number of nitrogens with zero attached hydrogens (tertiary/aromatic N) is 1. The molecule has 1 saturated heterocycles. The van der Waals surface area contributed by atoms with Crippen LogP contribution in [0, 0.1) is 11.3 Å². The van der Waals surface area contributed by atoms with Crippen molar-refractivity contribution in [2.45, 2.75) is 33.2 Å². The minimum atomic E-state index is -0.295. The van der Waals surface area contributed by atoms with Crippen LogP contribution in [0.15, 0.2) is 15.9 Å². The van der Waals surface area contributed by atoms with Crippen molar-refractivity contribution in [2.75, 3.05) is 20.1 Å². The highest BCUT2D eigenvalue weighted by molar-refractivity contribution is 9.10. The second-order valence-corrected chi connectivity index (χ2v) is 8.07. The summed E-state index contributed by atoms with van der Waals surface area (Å²) in [6, 6.07) is 2.09. The molecule has 0 bridgehead atoms. The molecule has 1 N–H and O–H groups in total. The van der Waals surface area contributed by atoms with Crippen molar-refractivity contribution in [1.82, 2.24) is 10.2 Å². The number of amides is 1. The van der Waals surface area contributed by atoms with E-state index in [1.807, 2.05) is 11.9 Å². The monoisotopic (exact) mass is 358 g/mol. The highest BCUT2D eigenvalue weighted by Crippen LogP contribution is 2.34. The van der Waals surface area contributed by atoms with Crippen LogP contribution >= 0.6 is 27.3 Å². The Balaban J connectivity index is 2.00. The summed E-state index contributed by atoms with van der Waals surface area (Å²) >= 11 is 5.15. The average Bonchev–Trinajstić information content (AvgIpc) is 2.84. The minimum absolute atomic E-state index is 0.246. The van der Waals surface area contributed by atoms with Crippen molar-refractivity contribution < 1.29 is 4.79 Å². The summed E-state index contributed by atoms with van der Waals surface area (Å²) in [4.78, 5) is 15.8. The summed E-state index contributed by atoms with van der Waals surface area (Å²) in [5.74, 6) is 0.678. The van der Waals surface area contributed by atoms with Gasteiger partial charge >= 0.3 is 0 Å². The third-order valence-corrected chi connectivity index (χ3v) is 5.91. The Labute approximate surface area is 133 Å². The van der Waals surface area contributed by atoms with E-state index in [1.54, 1.807) is 11.3 Å². The third-order valence-electron chi connectivity index (χ3n) is 4.23. The van der Waals surface area contributed by atoms with E-state index in [4.69, 9.17) is 0 Å². The molecule has 20 heavy (non-hydrogen) atoms. The van der Waals surface area contributed by atoms with Crippen LogP contribution < -0.4 is 5.32 Å². The van der Waals surface area contributed by atoms with E-state index in [1.165, 1.54) is 11.3 Å². The number of thiophene rings is 1. The lowest BCUT2D eigenvalue weighted by Gasteiger charge is -2.38. The maximum absolute atomic E-state index is 12.8. The molecule has 5 heteroatoms. The molecule has 1 aromatic heterocycles. The van der Waals surface area contributed by atoms with Crippen molar-refractivity contribution in [2.24, 2.45) is 11.3 Å². The fraction of sp³-hybridized carbons (Fsp3) is 0.667. The fourth-order valence-electron chi connectivity index (χ4n) is 2.88. The summed E-state index contributed by atoms with van der Waals surface area (Å²) in [5.41, 5.74) is -0.295. The second kappa shape index (κ2) is 6.58. The van der Waals surface area contributed by atoms with Crippen LogP contribution in [-0.4, -0.2) is 30.9 Å². The first-order chi connectivity index (χ1) is 9.41. The van der Waals surface area contributed by atoms with Gasteiger partial charge in [0.15, 0.2) is 0 Å². The predicted molar refractivity (Wildman–Crippen MR) is 87.9 cm³/mol. The molecule has 0 spiro atoms. The van der Waals surface area contributed by atoms with Gasteiger partial charge in [0, 0.05) is 27.2 Å². The number of hydrogen-bond donors (Lipinski definition) is 1. The zero-order chi connectivity index (χ0) is 14.8. The lowest BCUT2D eigenvalue weighted by Crippen LogP contribution is -2.47. The predicted octanol–water partition coefficient (Wildman–Crippen LogP) is 3.49. The van der Waals surface area contributed by atoms with Gasteiger partial charge in [-0.05, 0) is 53.8 Å². The van der Waals surface area contributed by atoms with Gasteiger partial charge in [-0.15, -0.1) is 11.3 Å². The standard InChI is InChI=1S/C15H23BrN2OS/c1-15(2,11-5-4-6-17-8-11)14(19)18(3)9-13-7-12(16)10-20-13/h7,10-11,17H,4-6,8-9H2,1-3H3. The number of rotatable bonds is 4. The number of piperidine rings is 1. The number of carbonyl (C=O) groups is 1. The minimum Gasteiger partial charge on any atom is -0.340 e. The van der Waals surface area contributed by atoms with Gasteiger partial charge in [-0.2, -0.15) is 0 Å². The van der Waals surface area contributed by atoms with E-state index in [9.17, 15) is 4.79 Å². The van der Waals surface area contributed by atoms with E-state index in [0.717, 1.165) is 24.0 Å². The fourth-order valence-corrected chi connectivity index (χ4v) is 4.38. The summed E-state index contributed by atoms with van der Waals surface area (Å²) in [7, 11) is 1.91. The van der Waals surface area contributed by atoms with Crippen molar-refractivity contribution in [3.63, 3.8) is 0 Å². The molecule has 1 atom stereocenters. The van der Waals surface area contributed by atoms with Crippen molar-refractivity contribution in [3.05, 3.63) is 20.8 Å². The summed E-state index contributed by atoms with van der Waals surface area (Å²) in [5, 5.41) is 5.47. The van der Waals surface area contributed by atoms with Crippen LogP contribution in [0.4, 0.5) is 0 Å². The van der Waals surface area contributed by atoms with Gasteiger partial charge in [0.05, 0.1) is 6.54 Å². The first kappa shape index (κ1) is 16.0. The number of nitrogens with one attached hydrogen (secondary N) is 1. The number of carbonyl (C=O) groups excluding carboxylic acids is 1. The van der Waals surface area contributed by atoms with E-state index in [-0.39, 0.29) is 11.3 Å². The maximum atomic E-state index is 12.8. The van der Waals surface area contributed by atoms with Gasteiger partial charge in [0.25, 0.3) is 0 Å². The van der Waals surface area contributed by atoms with Gasteiger partial charge < -0.3 is 10.2 Å². The van der Waals surface area contributed by atoms with Crippen molar-refractivity contribution in [3.8, 4) is 0 Å². The molecule has 112 valence electrons. The molecule has 1 amide bonds. The molecule has 1 aliphatic heterocycles. The number of halogens is 1. The van der Waals surface area contributed by atoms with Gasteiger partial charge in [-0.25, -0.2) is 0 Å². The highest BCUT2D eigenvalue weighted by Gasteiger charge is 2.38. The van der Waals surface area contributed by atoms with E-state index < -0.39 is 0 Å². The Bertz CT molecular complexity index is 466. The molecule has 3 nitrogen and oxygen atoms in total. The second-order valence-electron chi connectivity index (χ2n) is 6.16. The smallest absolute Gasteiger partial charge is 0.228 e. The van der Waals surface area contributed by atoms with Gasteiger partial charge in [0.2, 0.25) is 5.91 Å². The van der Waals surface area contributed by atoms with Crippen molar-refractivity contribution >= 4 is 33.2 Å². The molecule has 0 aliphatic carbocycles. The van der Waals surface area contributed by atoms with Crippen molar-refractivity contribution in [1.29, 1.82) is 0 Å². The van der Waals surface area contributed by atoms with Gasteiger partial charge in [-0.1, -0.05) is 13.8 Å². The Kier molecular flexibility index (Phi) is 5.26. The number of hydrogen-bond acceptors (Lipinski definition) is 3. The van der Waals surface area contributed by atoms with E-state index in [0.29, 0.717) is 12.5 Å². The van der Waals surface area contributed by atoms with Crippen LogP contribution in [0.1, 0.15) is 31.6 Å². The molecule has 0 radical (unpaired) electrons. The molecule has 2 heterocycles. The quantitative estimate of drug-likeness (QED) is 0.893. The van der Waals surface area contributed by atoms with Crippen LogP contribution in [-0.2, 0) is 11.3 Å². The molecule has 1 fully saturated rings.